The highest BCUT2D eigenvalue weighted by Crippen LogP contribution is 2.32. The molecule has 7 nitrogen and oxygen atoms in total. The molecule has 2 aliphatic rings. The lowest BCUT2D eigenvalue weighted by molar-refractivity contribution is -0.119. The summed E-state index contributed by atoms with van der Waals surface area (Å²) in [5, 5.41) is 5.79. The van der Waals surface area contributed by atoms with Crippen molar-refractivity contribution in [1.29, 1.82) is 0 Å². The first-order valence-corrected chi connectivity index (χ1v) is 7.80. The molecule has 23 heavy (non-hydrogen) atoms. The Morgan fingerprint density at radius 1 is 1.30 bits per heavy atom. The van der Waals surface area contributed by atoms with Gasteiger partial charge in [0.05, 0.1) is 0 Å². The Morgan fingerprint density at radius 3 is 2.96 bits per heavy atom. The fourth-order valence-electron chi connectivity index (χ4n) is 2.91. The van der Waals surface area contributed by atoms with Crippen molar-refractivity contribution in [3.63, 3.8) is 0 Å². The van der Waals surface area contributed by atoms with Gasteiger partial charge in [0.2, 0.25) is 12.7 Å². The van der Waals surface area contributed by atoms with E-state index < -0.39 is 0 Å². The zero-order valence-corrected chi connectivity index (χ0v) is 13.1. The van der Waals surface area contributed by atoms with E-state index in [0.717, 1.165) is 24.2 Å². The monoisotopic (exact) mass is 319 g/mol. The number of hydrogen-bond donors (Lipinski definition) is 2. The summed E-state index contributed by atoms with van der Waals surface area (Å²) >= 11 is 0. The third kappa shape index (κ3) is 3.85. The van der Waals surface area contributed by atoms with Crippen LogP contribution in [0.25, 0.3) is 0 Å². The number of hydrogen-bond acceptors (Lipinski definition) is 4. The number of ether oxygens (including phenoxy) is 2. The molecule has 2 N–H and O–H groups in total. The van der Waals surface area contributed by atoms with Crippen LogP contribution in [0.1, 0.15) is 25.3 Å². The van der Waals surface area contributed by atoms with Gasteiger partial charge in [-0.15, -0.1) is 0 Å². The zero-order chi connectivity index (χ0) is 16.2. The van der Waals surface area contributed by atoms with Gasteiger partial charge in [-0.3, -0.25) is 4.79 Å². The van der Waals surface area contributed by atoms with Gasteiger partial charge in [0, 0.05) is 32.6 Å². The molecule has 3 rings (SSSR count). The Kier molecular flexibility index (Phi) is 4.55. The van der Waals surface area contributed by atoms with Gasteiger partial charge < -0.3 is 25.0 Å². The molecule has 0 aliphatic carbocycles. The largest absolute Gasteiger partial charge is 0.454 e. The maximum atomic E-state index is 12.3. The Bertz CT molecular complexity index is 605. The van der Waals surface area contributed by atoms with E-state index in [4.69, 9.17) is 9.47 Å². The van der Waals surface area contributed by atoms with Crippen LogP contribution in [0.15, 0.2) is 18.2 Å². The van der Waals surface area contributed by atoms with E-state index in [1.54, 1.807) is 4.90 Å². The number of likely N-dealkylation sites (tertiary alicyclic amines) is 1. The topological polar surface area (TPSA) is 79.9 Å². The van der Waals surface area contributed by atoms with E-state index in [-0.39, 0.29) is 24.8 Å². The van der Waals surface area contributed by atoms with E-state index in [0.29, 0.717) is 25.4 Å². The van der Waals surface area contributed by atoms with Gasteiger partial charge >= 0.3 is 6.03 Å². The van der Waals surface area contributed by atoms with E-state index in [9.17, 15) is 9.59 Å². The van der Waals surface area contributed by atoms with Gasteiger partial charge in [0.15, 0.2) is 11.5 Å². The number of fused-ring (bicyclic) bond motifs is 1. The highest BCUT2D eigenvalue weighted by atomic mass is 16.7. The number of urea groups is 1. The summed E-state index contributed by atoms with van der Waals surface area (Å²) < 4.78 is 10.6. The summed E-state index contributed by atoms with van der Waals surface area (Å²) in [7, 11) is 0. The molecule has 0 bridgehead atoms. The van der Waals surface area contributed by atoms with E-state index in [1.165, 1.54) is 6.92 Å². The SMILES string of the molecule is CC(=O)N[C@H]1CCCN(C(=O)NCc2ccc3c(c2)OCO3)C1. The van der Waals surface area contributed by atoms with Crippen LogP contribution in [0.3, 0.4) is 0 Å². The van der Waals surface area contributed by atoms with Gasteiger partial charge in [0.1, 0.15) is 0 Å². The van der Waals surface area contributed by atoms with Gasteiger partial charge in [-0.2, -0.15) is 0 Å². The first kappa shape index (κ1) is 15.5. The zero-order valence-electron chi connectivity index (χ0n) is 13.1. The highest BCUT2D eigenvalue weighted by molar-refractivity contribution is 5.75. The molecule has 0 aromatic heterocycles. The predicted molar refractivity (Wildman–Crippen MR) is 83.2 cm³/mol. The predicted octanol–water partition coefficient (Wildman–Crippen LogP) is 1.23. The van der Waals surface area contributed by atoms with Crippen LogP contribution < -0.4 is 20.1 Å². The second-order valence-corrected chi connectivity index (χ2v) is 5.83. The molecule has 124 valence electrons. The van der Waals surface area contributed by atoms with Crippen molar-refractivity contribution < 1.29 is 19.1 Å². The lowest BCUT2D eigenvalue weighted by atomic mass is 10.1. The number of amides is 3. The molecule has 1 saturated heterocycles. The maximum absolute atomic E-state index is 12.3. The Hall–Kier alpha value is -2.44. The van der Waals surface area contributed by atoms with Crippen molar-refractivity contribution in [2.24, 2.45) is 0 Å². The summed E-state index contributed by atoms with van der Waals surface area (Å²) in [6.07, 6.45) is 1.80. The average molecular weight is 319 g/mol. The summed E-state index contributed by atoms with van der Waals surface area (Å²) in [6.45, 7) is 3.43. The van der Waals surface area contributed by atoms with Crippen molar-refractivity contribution in [3.8, 4) is 11.5 Å². The second-order valence-electron chi connectivity index (χ2n) is 5.83. The van der Waals surface area contributed by atoms with Crippen LogP contribution in [0.5, 0.6) is 11.5 Å². The Labute approximate surface area is 134 Å². The van der Waals surface area contributed by atoms with Crippen molar-refractivity contribution in [3.05, 3.63) is 23.8 Å². The van der Waals surface area contributed by atoms with Crippen molar-refractivity contribution in [1.82, 2.24) is 15.5 Å². The fraction of sp³-hybridized carbons (Fsp3) is 0.500. The summed E-state index contributed by atoms with van der Waals surface area (Å²) in [4.78, 5) is 25.2. The first-order valence-electron chi connectivity index (χ1n) is 7.80. The number of carbonyl (C=O) groups is 2. The van der Waals surface area contributed by atoms with Crippen LogP contribution in [-0.4, -0.2) is 42.8 Å². The van der Waals surface area contributed by atoms with Crippen LogP contribution in [0.4, 0.5) is 4.79 Å². The molecule has 2 heterocycles. The van der Waals surface area contributed by atoms with E-state index >= 15 is 0 Å². The lowest BCUT2D eigenvalue weighted by Crippen LogP contribution is -2.51. The van der Waals surface area contributed by atoms with Crippen molar-refractivity contribution in [2.45, 2.75) is 32.4 Å². The molecule has 1 atom stereocenters. The molecule has 1 aromatic rings. The second kappa shape index (κ2) is 6.76. The molecule has 3 amide bonds. The number of nitrogens with zero attached hydrogens (tertiary/aromatic N) is 1. The molecule has 0 unspecified atom stereocenters. The highest BCUT2D eigenvalue weighted by Gasteiger charge is 2.24. The number of nitrogens with one attached hydrogen (secondary N) is 2. The van der Waals surface area contributed by atoms with E-state index in [2.05, 4.69) is 10.6 Å². The summed E-state index contributed by atoms with van der Waals surface area (Å²) in [6, 6.07) is 5.55. The standard InChI is InChI=1S/C16H21N3O4/c1-11(20)18-13-3-2-6-19(9-13)16(21)17-8-12-4-5-14-15(7-12)23-10-22-14/h4-5,7,13H,2-3,6,8-10H2,1H3,(H,17,21)(H,18,20)/t13-/m0/s1. The van der Waals surface area contributed by atoms with Crippen LogP contribution in [0.2, 0.25) is 0 Å². The molecule has 0 radical (unpaired) electrons. The minimum atomic E-state index is -0.113. The quantitative estimate of drug-likeness (QED) is 0.878. The minimum Gasteiger partial charge on any atom is -0.454 e. The molecule has 0 spiro atoms. The third-order valence-electron chi connectivity index (χ3n) is 4.00. The molecule has 7 heteroatoms. The fourth-order valence-corrected chi connectivity index (χ4v) is 2.91. The molecule has 2 aliphatic heterocycles. The third-order valence-corrected chi connectivity index (χ3v) is 4.00. The number of carbonyl (C=O) groups excluding carboxylic acids is 2. The maximum Gasteiger partial charge on any atom is 0.317 e. The van der Waals surface area contributed by atoms with Crippen LogP contribution >= 0.6 is 0 Å². The minimum absolute atomic E-state index is 0.0394. The van der Waals surface area contributed by atoms with Gasteiger partial charge in [-0.05, 0) is 30.5 Å². The van der Waals surface area contributed by atoms with Gasteiger partial charge in [0.25, 0.3) is 0 Å². The molecular weight excluding hydrogens is 298 g/mol. The van der Waals surface area contributed by atoms with Crippen molar-refractivity contribution >= 4 is 11.9 Å². The van der Waals surface area contributed by atoms with Crippen LogP contribution in [0, 0.1) is 0 Å². The molecule has 1 fully saturated rings. The Balaban J connectivity index is 1.51. The Morgan fingerprint density at radius 2 is 2.13 bits per heavy atom. The van der Waals surface area contributed by atoms with Gasteiger partial charge in [-0.25, -0.2) is 4.79 Å². The summed E-state index contributed by atoms with van der Waals surface area (Å²) in [5.41, 5.74) is 0.957. The molecular formula is C16H21N3O4. The average Bonchev–Trinajstić information content (AvgIpc) is 3.00. The van der Waals surface area contributed by atoms with Crippen LogP contribution in [-0.2, 0) is 11.3 Å². The number of piperidine rings is 1. The smallest absolute Gasteiger partial charge is 0.317 e. The number of rotatable bonds is 3. The van der Waals surface area contributed by atoms with Crippen molar-refractivity contribution in [2.75, 3.05) is 19.9 Å². The first-order chi connectivity index (χ1) is 11.1. The molecule has 1 aromatic carbocycles. The lowest BCUT2D eigenvalue weighted by Gasteiger charge is -2.33. The summed E-state index contributed by atoms with van der Waals surface area (Å²) in [5.74, 6) is 1.38. The van der Waals surface area contributed by atoms with E-state index in [1.807, 2.05) is 18.2 Å². The van der Waals surface area contributed by atoms with Gasteiger partial charge in [-0.1, -0.05) is 6.07 Å². The molecule has 0 saturated carbocycles. The normalized spacial score (nSPS) is 19.3. The number of benzene rings is 1.